The smallest absolute Gasteiger partial charge is 0.0595 e. The Morgan fingerprint density at radius 3 is 2.81 bits per heavy atom. The van der Waals surface area contributed by atoms with Gasteiger partial charge >= 0.3 is 0 Å². The van der Waals surface area contributed by atoms with Crippen molar-refractivity contribution in [3.05, 3.63) is 33.8 Å². The summed E-state index contributed by atoms with van der Waals surface area (Å²) in [5, 5.41) is 1.26. The van der Waals surface area contributed by atoms with Crippen LogP contribution in [-0.2, 0) is 0 Å². The van der Waals surface area contributed by atoms with E-state index in [1.807, 2.05) is 12.1 Å². The first-order valence-corrected chi connectivity index (χ1v) is 6.37. The molecule has 1 unspecified atom stereocenters. The summed E-state index contributed by atoms with van der Waals surface area (Å²) in [6, 6.07) is 6.37. The zero-order chi connectivity index (χ0) is 11.5. The average Bonchev–Trinajstić information content (AvgIpc) is 2.71. The second kappa shape index (κ2) is 5.37. The van der Waals surface area contributed by atoms with E-state index < -0.39 is 0 Å². The van der Waals surface area contributed by atoms with Crippen molar-refractivity contribution in [2.75, 3.05) is 19.6 Å². The maximum absolute atomic E-state index is 6.04. The SMILES string of the molecule is NCCN1CCCC1c1ccc(Cl)c(Cl)c1. The van der Waals surface area contributed by atoms with Crippen LogP contribution in [0.5, 0.6) is 0 Å². The molecule has 1 aliphatic heterocycles. The Balaban J connectivity index is 2.19. The van der Waals surface area contributed by atoms with Gasteiger partial charge in [0, 0.05) is 19.1 Å². The molecule has 0 aromatic heterocycles. The summed E-state index contributed by atoms with van der Waals surface area (Å²) in [6.45, 7) is 2.78. The van der Waals surface area contributed by atoms with Crippen molar-refractivity contribution in [2.45, 2.75) is 18.9 Å². The molecule has 2 nitrogen and oxygen atoms in total. The number of nitrogens with two attached hydrogens (primary N) is 1. The van der Waals surface area contributed by atoms with Crippen LogP contribution in [0.2, 0.25) is 10.0 Å². The summed E-state index contributed by atoms with van der Waals surface area (Å²) in [5.74, 6) is 0. The third-order valence-corrected chi connectivity index (χ3v) is 3.85. The van der Waals surface area contributed by atoms with Gasteiger partial charge in [0.15, 0.2) is 0 Å². The van der Waals surface area contributed by atoms with Gasteiger partial charge in [-0.15, -0.1) is 0 Å². The molecular formula is C12H16Cl2N2. The van der Waals surface area contributed by atoms with E-state index in [1.165, 1.54) is 18.4 Å². The van der Waals surface area contributed by atoms with Gasteiger partial charge in [0.2, 0.25) is 0 Å². The number of halogens is 2. The van der Waals surface area contributed by atoms with Gasteiger partial charge in [0.05, 0.1) is 10.0 Å². The first kappa shape index (κ1) is 12.2. The Morgan fingerprint density at radius 2 is 2.12 bits per heavy atom. The van der Waals surface area contributed by atoms with E-state index >= 15 is 0 Å². The molecule has 1 aliphatic rings. The molecule has 0 saturated carbocycles. The molecule has 2 rings (SSSR count). The van der Waals surface area contributed by atoms with Crippen LogP contribution in [0, 0.1) is 0 Å². The average molecular weight is 259 g/mol. The van der Waals surface area contributed by atoms with E-state index in [2.05, 4.69) is 11.0 Å². The molecule has 0 amide bonds. The predicted molar refractivity (Wildman–Crippen MR) is 69.1 cm³/mol. The Bertz CT molecular complexity index is 368. The molecule has 0 radical (unpaired) electrons. The number of benzene rings is 1. The van der Waals surface area contributed by atoms with Crippen molar-refractivity contribution in [3.63, 3.8) is 0 Å². The molecule has 88 valence electrons. The minimum Gasteiger partial charge on any atom is -0.329 e. The van der Waals surface area contributed by atoms with Crippen molar-refractivity contribution in [1.29, 1.82) is 0 Å². The van der Waals surface area contributed by atoms with E-state index in [-0.39, 0.29) is 0 Å². The molecule has 1 fully saturated rings. The van der Waals surface area contributed by atoms with Crippen molar-refractivity contribution < 1.29 is 0 Å². The largest absolute Gasteiger partial charge is 0.329 e. The van der Waals surface area contributed by atoms with Crippen molar-refractivity contribution in [2.24, 2.45) is 5.73 Å². The van der Waals surface area contributed by atoms with Gasteiger partial charge in [-0.05, 0) is 37.1 Å². The molecule has 2 N–H and O–H groups in total. The fourth-order valence-corrected chi connectivity index (χ4v) is 2.66. The van der Waals surface area contributed by atoms with Crippen molar-refractivity contribution >= 4 is 23.2 Å². The van der Waals surface area contributed by atoms with Crippen LogP contribution >= 0.6 is 23.2 Å². The molecule has 1 heterocycles. The van der Waals surface area contributed by atoms with Gasteiger partial charge < -0.3 is 5.73 Å². The first-order valence-electron chi connectivity index (χ1n) is 5.61. The highest BCUT2D eigenvalue weighted by molar-refractivity contribution is 6.42. The Labute approximate surface area is 106 Å². The minimum atomic E-state index is 0.457. The topological polar surface area (TPSA) is 29.3 Å². The fraction of sp³-hybridized carbons (Fsp3) is 0.500. The number of hydrogen-bond acceptors (Lipinski definition) is 2. The summed E-state index contributed by atoms with van der Waals surface area (Å²) in [6.07, 6.45) is 2.41. The highest BCUT2D eigenvalue weighted by Crippen LogP contribution is 2.34. The minimum absolute atomic E-state index is 0.457. The molecule has 0 spiro atoms. The molecule has 1 aromatic carbocycles. The van der Waals surface area contributed by atoms with Gasteiger partial charge in [-0.2, -0.15) is 0 Å². The van der Waals surface area contributed by atoms with E-state index in [1.54, 1.807) is 0 Å². The van der Waals surface area contributed by atoms with Gasteiger partial charge in [0.1, 0.15) is 0 Å². The summed E-state index contributed by atoms with van der Waals surface area (Å²) in [5.41, 5.74) is 6.86. The number of nitrogens with zero attached hydrogens (tertiary/aromatic N) is 1. The Kier molecular flexibility index (Phi) is 4.09. The van der Waals surface area contributed by atoms with Crippen LogP contribution < -0.4 is 5.73 Å². The van der Waals surface area contributed by atoms with Crippen LogP contribution in [0.1, 0.15) is 24.4 Å². The molecule has 1 atom stereocenters. The highest BCUT2D eigenvalue weighted by Gasteiger charge is 2.25. The summed E-state index contributed by atoms with van der Waals surface area (Å²) < 4.78 is 0. The standard InChI is InChI=1S/C12H16Cl2N2/c13-10-4-3-9(8-11(10)14)12-2-1-6-16(12)7-5-15/h3-4,8,12H,1-2,5-7,15H2. The fourth-order valence-electron chi connectivity index (χ4n) is 2.36. The molecule has 0 aliphatic carbocycles. The van der Waals surface area contributed by atoms with Crippen molar-refractivity contribution in [1.82, 2.24) is 4.90 Å². The lowest BCUT2D eigenvalue weighted by Gasteiger charge is -2.24. The molecule has 16 heavy (non-hydrogen) atoms. The maximum atomic E-state index is 6.04. The number of likely N-dealkylation sites (tertiary alicyclic amines) is 1. The van der Waals surface area contributed by atoms with Crippen LogP contribution in [-0.4, -0.2) is 24.5 Å². The molecule has 0 bridgehead atoms. The molecule has 1 saturated heterocycles. The van der Waals surface area contributed by atoms with Crippen LogP contribution in [0.4, 0.5) is 0 Å². The number of hydrogen-bond donors (Lipinski definition) is 1. The zero-order valence-corrected chi connectivity index (χ0v) is 10.6. The van der Waals surface area contributed by atoms with Crippen LogP contribution in [0.25, 0.3) is 0 Å². The van der Waals surface area contributed by atoms with E-state index in [0.29, 0.717) is 22.6 Å². The quantitative estimate of drug-likeness (QED) is 0.903. The van der Waals surface area contributed by atoms with Crippen LogP contribution in [0.15, 0.2) is 18.2 Å². The third-order valence-electron chi connectivity index (χ3n) is 3.11. The lowest BCUT2D eigenvalue weighted by Crippen LogP contribution is -2.29. The van der Waals surface area contributed by atoms with E-state index in [4.69, 9.17) is 28.9 Å². The lowest BCUT2D eigenvalue weighted by atomic mass is 10.0. The summed E-state index contributed by atoms with van der Waals surface area (Å²) in [4.78, 5) is 2.42. The first-order chi connectivity index (χ1) is 7.72. The molecular weight excluding hydrogens is 243 g/mol. The second-order valence-corrected chi connectivity index (χ2v) is 4.97. The number of rotatable bonds is 3. The van der Waals surface area contributed by atoms with E-state index in [9.17, 15) is 0 Å². The third kappa shape index (κ3) is 2.51. The summed E-state index contributed by atoms with van der Waals surface area (Å²) in [7, 11) is 0. The lowest BCUT2D eigenvalue weighted by molar-refractivity contribution is 0.265. The van der Waals surface area contributed by atoms with Gasteiger partial charge in [-0.1, -0.05) is 29.3 Å². The summed E-state index contributed by atoms with van der Waals surface area (Å²) >= 11 is 12.0. The highest BCUT2D eigenvalue weighted by atomic mass is 35.5. The van der Waals surface area contributed by atoms with E-state index in [0.717, 1.165) is 13.1 Å². The zero-order valence-electron chi connectivity index (χ0n) is 9.13. The monoisotopic (exact) mass is 258 g/mol. The van der Waals surface area contributed by atoms with Gasteiger partial charge in [0.25, 0.3) is 0 Å². The van der Waals surface area contributed by atoms with Gasteiger partial charge in [-0.3, -0.25) is 4.90 Å². The normalized spacial score (nSPS) is 21.6. The Morgan fingerprint density at radius 1 is 1.31 bits per heavy atom. The van der Waals surface area contributed by atoms with Crippen LogP contribution in [0.3, 0.4) is 0 Å². The molecule has 1 aromatic rings. The predicted octanol–water partition coefficient (Wildman–Crippen LogP) is 3.09. The Hall–Kier alpha value is -0.280. The second-order valence-electron chi connectivity index (χ2n) is 4.16. The van der Waals surface area contributed by atoms with Gasteiger partial charge in [-0.25, -0.2) is 0 Å². The van der Waals surface area contributed by atoms with Crippen molar-refractivity contribution in [3.8, 4) is 0 Å². The maximum Gasteiger partial charge on any atom is 0.0595 e. The molecule has 4 heteroatoms.